The number of hydrogen-bond donors (Lipinski definition) is 2. The summed E-state index contributed by atoms with van der Waals surface area (Å²) in [6.07, 6.45) is 5.50. The predicted molar refractivity (Wildman–Crippen MR) is 145 cm³/mol. The van der Waals surface area contributed by atoms with Crippen LogP contribution in [0.2, 0.25) is 0 Å². The molecule has 0 amide bonds. The largest absolute Gasteiger partial charge is 0.505 e. The molecule has 39 heavy (non-hydrogen) atoms. The molecule has 200 valence electrons. The van der Waals surface area contributed by atoms with Crippen molar-refractivity contribution in [2.24, 2.45) is 5.16 Å². The van der Waals surface area contributed by atoms with Gasteiger partial charge in [0.05, 0.1) is 30.1 Å². The first-order valence-electron chi connectivity index (χ1n) is 12.8. The lowest BCUT2D eigenvalue weighted by Gasteiger charge is -2.43. The molecule has 2 aromatic carbocycles. The molecule has 2 aliphatic rings. The van der Waals surface area contributed by atoms with Gasteiger partial charge in [-0.05, 0) is 42.3 Å². The molecule has 2 N–H and O–H groups in total. The molecule has 0 aliphatic carbocycles. The highest BCUT2D eigenvalue weighted by Crippen LogP contribution is 2.41. The number of piperidine rings is 1. The number of aromatic hydroxyl groups is 1. The fraction of sp³-hybridized carbons (Fsp3) is 0.276. The molecule has 6 rings (SSSR count). The third-order valence-electron chi connectivity index (χ3n) is 7.26. The molecular formula is C29H27F2N5O3. The summed E-state index contributed by atoms with van der Waals surface area (Å²) in [5, 5.41) is 19.0. The van der Waals surface area contributed by atoms with Crippen LogP contribution in [-0.2, 0) is 9.57 Å². The number of oxime groups is 1. The minimum absolute atomic E-state index is 0.0153. The molecule has 2 saturated heterocycles. The van der Waals surface area contributed by atoms with Crippen molar-refractivity contribution in [3.05, 3.63) is 72.1 Å². The van der Waals surface area contributed by atoms with Crippen molar-refractivity contribution in [1.82, 2.24) is 15.3 Å². The number of pyridine rings is 2. The fourth-order valence-electron chi connectivity index (χ4n) is 5.46. The summed E-state index contributed by atoms with van der Waals surface area (Å²) in [6, 6.07) is 11.0. The van der Waals surface area contributed by atoms with Crippen molar-refractivity contribution in [1.29, 1.82) is 0 Å². The summed E-state index contributed by atoms with van der Waals surface area (Å²) >= 11 is 0. The molecule has 2 atom stereocenters. The zero-order chi connectivity index (χ0) is 26.9. The van der Waals surface area contributed by atoms with Gasteiger partial charge < -0.3 is 24.9 Å². The Labute approximate surface area is 223 Å². The number of ether oxygens (including phenoxy) is 1. The minimum atomic E-state index is -0.660. The van der Waals surface area contributed by atoms with Gasteiger partial charge in [-0.25, -0.2) is 8.78 Å². The number of morpholine rings is 1. The third-order valence-corrected chi connectivity index (χ3v) is 7.26. The maximum absolute atomic E-state index is 14.3. The minimum Gasteiger partial charge on any atom is -0.505 e. The Hall–Kier alpha value is -4.15. The average molecular weight is 532 g/mol. The quantitative estimate of drug-likeness (QED) is 0.290. The Kier molecular flexibility index (Phi) is 6.80. The van der Waals surface area contributed by atoms with E-state index in [4.69, 9.17) is 9.57 Å². The van der Waals surface area contributed by atoms with Crippen LogP contribution in [0.3, 0.4) is 0 Å². The van der Waals surface area contributed by atoms with Crippen molar-refractivity contribution in [3.8, 4) is 28.1 Å². The summed E-state index contributed by atoms with van der Waals surface area (Å²) in [4.78, 5) is 16.0. The Morgan fingerprint density at radius 1 is 1.13 bits per heavy atom. The van der Waals surface area contributed by atoms with Crippen LogP contribution < -0.4 is 10.2 Å². The number of hydrogen-bond acceptors (Lipinski definition) is 8. The van der Waals surface area contributed by atoms with Gasteiger partial charge in [-0.1, -0.05) is 11.2 Å². The van der Waals surface area contributed by atoms with Crippen molar-refractivity contribution in [2.75, 3.05) is 38.3 Å². The molecule has 10 heteroatoms. The Morgan fingerprint density at radius 3 is 2.79 bits per heavy atom. The van der Waals surface area contributed by atoms with Crippen molar-refractivity contribution in [2.45, 2.75) is 18.6 Å². The van der Waals surface area contributed by atoms with E-state index < -0.39 is 11.6 Å². The molecule has 0 bridgehead atoms. The van der Waals surface area contributed by atoms with Crippen LogP contribution in [0.25, 0.3) is 33.3 Å². The van der Waals surface area contributed by atoms with Gasteiger partial charge in [0.25, 0.3) is 0 Å². The average Bonchev–Trinajstić information content (AvgIpc) is 2.95. The van der Waals surface area contributed by atoms with Crippen molar-refractivity contribution < 1.29 is 23.5 Å². The van der Waals surface area contributed by atoms with E-state index in [1.807, 2.05) is 18.2 Å². The van der Waals surface area contributed by atoms with Gasteiger partial charge in [0.15, 0.2) is 5.75 Å². The number of fused-ring (bicyclic) bond motifs is 2. The van der Waals surface area contributed by atoms with Crippen LogP contribution in [0.15, 0.2) is 60.0 Å². The second kappa shape index (κ2) is 10.5. The Bertz CT molecular complexity index is 1540. The lowest BCUT2D eigenvalue weighted by atomic mass is 9.95. The Morgan fingerprint density at radius 2 is 1.97 bits per heavy atom. The number of halogens is 2. The third kappa shape index (κ3) is 4.88. The summed E-state index contributed by atoms with van der Waals surface area (Å²) in [7, 11) is 1.42. The SMILES string of the molecule is CO/N=C/c1ccnc(-c2ccc3ncc(-c4cc(F)cc(F)c4)c(N4CC[C@H]5NCCO[C@@H]5C4)c3c2)c1O. The standard InChI is InChI=1S/C29H27F2N5O3/c1-38-35-14-18-4-6-33-27(29(18)37)17-2-3-24-22(12-17)28(36-8-5-25-26(16-36)39-9-7-32-25)23(15-34-24)19-10-20(30)13-21(31)11-19/h2-4,6,10-15,25-26,32,37H,5,7-9,16H2,1H3/b35-14+/t25-,26-/m1/s1. The van der Waals surface area contributed by atoms with Crippen LogP contribution in [0.5, 0.6) is 5.75 Å². The smallest absolute Gasteiger partial charge is 0.150 e. The van der Waals surface area contributed by atoms with Gasteiger partial charge >= 0.3 is 0 Å². The normalized spacial score (nSPS) is 19.4. The van der Waals surface area contributed by atoms with Crippen LogP contribution in [-0.4, -0.2) is 66.8 Å². The van der Waals surface area contributed by atoms with E-state index in [0.717, 1.165) is 36.7 Å². The zero-order valence-corrected chi connectivity index (χ0v) is 21.3. The fourth-order valence-corrected chi connectivity index (χ4v) is 5.46. The summed E-state index contributed by atoms with van der Waals surface area (Å²) < 4.78 is 34.7. The summed E-state index contributed by atoms with van der Waals surface area (Å²) in [6.45, 7) is 2.78. The molecule has 0 saturated carbocycles. The number of aromatic nitrogens is 2. The first-order chi connectivity index (χ1) is 19.0. The zero-order valence-electron chi connectivity index (χ0n) is 21.3. The molecular weight excluding hydrogens is 504 g/mol. The van der Waals surface area contributed by atoms with E-state index in [0.29, 0.717) is 46.6 Å². The summed E-state index contributed by atoms with van der Waals surface area (Å²) in [5.41, 5.74) is 3.98. The maximum Gasteiger partial charge on any atom is 0.150 e. The van der Waals surface area contributed by atoms with Crippen molar-refractivity contribution >= 4 is 22.8 Å². The first kappa shape index (κ1) is 25.1. The highest BCUT2D eigenvalue weighted by molar-refractivity contribution is 6.02. The van der Waals surface area contributed by atoms with Crippen LogP contribution in [0.1, 0.15) is 12.0 Å². The predicted octanol–water partition coefficient (Wildman–Crippen LogP) is 4.50. The number of rotatable bonds is 5. The highest BCUT2D eigenvalue weighted by atomic mass is 19.1. The van der Waals surface area contributed by atoms with Crippen LogP contribution in [0, 0.1) is 11.6 Å². The maximum atomic E-state index is 14.3. The molecule has 0 spiro atoms. The molecule has 4 heterocycles. The van der Waals surface area contributed by atoms with Gasteiger partial charge in [-0.15, -0.1) is 0 Å². The van der Waals surface area contributed by atoms with Gasteiger partial charge in [0.2, 0.25) is 0 Å². The van der Waals surface area contributed by atoms with E-state index in [9.17, 15) is 13.9 Å². The molecule has 0 radical (unpaired) electrons. The second-order valence-corrected chi connectivity index (χ2v) is 9.63. The molecule has 8 nitrogen and oxygen atoms in total. The molecule has 2 aliphatic heterocycles. The van der Waals surface area contributed by atoms with Gasteiger partial charge in [0, 0.05) is 66.2 Å². The van der Waals surface area contributed by atoms with E-state index in [1.165, 1.54) is 25.5 Å². The van der Waals surface area contributed by atoms with Crippen LogP contribution >= 0.6 is 0 Å². The number of anilines is 1. The number of benzene rings is 2. The van der Waals surface area contributed by atoms with Crippen molar-refractivity contribution in [3.63, 3.8) is 0 Å². The van der Waals surface area contributed by atoms with E-state index in [-0.39, 0.29) is 17.9 Å². The van der Waals surface area contributed by atoms with Gasteiger partial charge in [0.1, 0.15) is 24.4 Å². The van der Waals surface area contributed by atoms with E-state index in [1.54, 1.807) is 18.5 Å². The highest BCUT2D eigenvalue weighted by Gasteiger charge is 2.33. The van der Waals surface area contributed by atoms with Gasteiger partial charge in [-0.2, -0.15) is 0 Å². The molecule has 4 aromatic rings. The Balaban J connectivity index is 1.53. The van der Waals surface area contributed by atoms with E-state index in [2.05, 4.69) is 25.3 Å². The topological polar surface area (TPSA) is 92.1 Å². The van der Waals surface area contributed by atoms with E-state index >= 15 is 0 Å². The summed E-state index contributed by atoms with van der Waals surface area (Å²) in [5.74, 6) is -1.36. The lowest BCUT2D eigenvalue weighted by molar-refractivity contribution is -0.00896. The lowest BCUT2D eigenvalue weighted by Crippen LogP contribution is -2.57. The van der Waals surface area contributed by atoms with Crippen LogP contribution in [0.4, 0.5) is 14.5 Å². The molecule has 2 aromatic heterocycles. The monoisotopic (exact) mass is 531 g/mol. The first-order valence-corrected chi connectivity index (χ1v) is 12.8. The second-order valence-electron chi connectivity index (χ2n) is 9.63. The number of nitrogens with one attached hydrogen (secondary N) is 1. The van der Waals surface area contributed by atoms with Gasteiger partial charge in [-0.3, -0.25) is 9.97 Å². The molecule has 2 fully saturated rings. The number of nitrogens with zero attached hydrogens (tertiary/aromatic N) is 4. The molecule has 0 unspecified atom stereocenters.